The van der Waals surface area contributed by atoms with Crippen LogP contribution >= 0.6 is 0 Å². The number of nitro benzene ring substituents is 1. The normalized spacial score (nSPS) is 11.4. The number of benzene rings is 3. The molecule has 0 atom stereocenters. The summed E-state index contributed by atoms with van der Waals surface area (Å²) in [6, 6.07) is 13.9. The summed E-state index contributed by atoms with van der Waals surface area (Å²) in [5, 5.41) is 16.7. The first-order valence-electron chi connectivity index (χ1n) is 13.0. The second kappa shape index (κ2) is 12.0. The van der Waals surface area contributed by atoms with Crippen molar-refractivity contribution in [2.75, 3.05) is 20.3 Å². The van der Waals surface area contributed by atoms with E-state index >= 15 is 0 Å². The van der Waals surface area contributed by atoms with Crippen molar-refractivity contribution in [2.45, 2.75) is 40.5 Å². The van der Waals surface area contributed by atoms with Crippen molar-refractivity contribution in [1.82, 2.24) is 9.66 Å². The second-order valence-corrected chi connectivity index (χ2v) is 9.37. The van der Waals surface area contributed by atoms with Crippen LogP contribution in [-0.4, -0.2) is 41.1 Å². The van der Waals surface area contributed by atoms with Crippen LogP contribution in [0.25, 0.3) is 22.3 Å². The number of fused-ring (bicyclic) bond motifs is 1. The predicted molar refractivity (Wildman–Crippen MR) is 155 cm³/mol. The van der Waals surface area contributed by atoms with Crippen LogP contribution in [0.2, 0.25) is 0 Å². The van der Waals surface area contributed by atoms with Crippen molar-refractivity contribution in [3.63, 3.8) is 0 Å². The smallest absolute Gasteiger partial charge is 0.315 e. The van der Waals surface area contributed by atoms with E-state index in [1.807, 2.05) is 25.1 Å². The fraction of sp³-hybridized carbons (Fsp3) is 0.300. The largest absolute Gasteiger partial charge is 0.496 e. The highest BCUT2D eigenvalue weighted by molar-refractivity contribution is 5.84. The average molecular weight is 545 g/mol. The van der Waals surface area contributed by atoms with E-state index in [-0.39, 0.29) is 41.9 Å². The molecule has 0 aliphatic heterocycles. The maximum Gasteiger partial charge on any atom is 0.315 e. The quantitative estimate of drug-likeness (QED) is 0.135. The Hall–Kier alpha value is -4.73. The maximum absolute atomic E-state index is 13.7. The average Bonchev–Trinajstić information content (AvgIpc) is 2.93. The fourth-order valence-electron chi connectivity index (χ4n) is 4.47. The standard InChI is InChI=1S/C30H32N4O6/c1-7-39-27-15-20(14-25(34(36)37)28(27)40-8-2)17-31-33-29(32-24-12-10-9-11-21(24)30(33)35)23-16-22(18(3)4)26(38-6)13-19(23)5/h9-18H,7-8H2,1-6H3. The molecule has 208 valence electrons. The highest BCUT2D eigenvalue weighted by Crippen LogP contribution is 2.38. The highest BCUT2D eigenvalue weighted by Gasteiger charge is 2.23. The van der Waals surface area contributed by atoms with Gasteiger partial charge < -0.3 is 14.2 Å². The van der Waals surface area contributed by atoms with E-state index in [1.54, 1.807) is 45.2 Å². The van der Waals surface area contributed by atoms with Gasteiger partial charge in [-0.05, 0) is 68.1 Å². The first-order valence-corrected chi connectivity index (χ1v) is 13.0. The Morgan fingerprint density at radius 1 is 1.07 bits per heavy atom. The van der Waals surface area contributed by atoms with E-state index in [0.717, 1.165) is 22.4 Å². The van der Waals surface area contributed by atoms with Crippen LogP contribution in [0.15, 0.2) is 58.4 Å². The van der Waals surface area contributed by atoms with Gasteiger partial charge in [-0.15, -0.1) is 0 Å². The third-order valence-corrected chi connectivity index (χ3v) is 6.36. The van der Waals surface area contributed by atoms with Crippen LogP contribution < -0.4 is 19.8 Å². The van der Waals surface area contributed by atoms with Gasteiger partial charge >= 0.3 is 5.69 Å². The second-order valence-electron chi connectivity index (χ2n) is 9.37. The van der Waals surface area contributed by atoms with Crippen LogP contribution in [0.3, 0.4) is 0 Å². The van der Waals surface area contributed by atoms with Gasteiger partial charge in [-0.2, -0.15) is 9.78 Å². The summed E-state index contributed by atoms with van der Waals surface area (Å²) in [4.78, 5) is 29.8. The third-order valence-electron chi connectivity index (χ3n) is 6.36. The van der Waals surface area contributed by atoms with E-state index in [4.69, 9.17) is 19.2 Å². The Kier molecular flexibility index (Phi) is 8.47. The van der Waals surface area contributed by atoms with Crippen LogP contribution in [0.4, 0.5) is 5.69 Å². The molecule has 0 radical (unpaired) electrons. The molecule has 10 nitrogen and oxygen atoms in total. The molecule has 0 fully saturated rings. The Labute approximate surface area is 232 Å². The van der Waals surface area contributed by atoms with Crippen molar-refractivity contribution < 1.29 is 19.1 Å². The monoisotopic (exact) mass is 544 g/mol. The van der Waals surface area contributed by atoms with Gasteiger partial charge in [-0.1, -0.05) is 26.0 Å². The van der Waals surface area contributed by atoms with Gasteiger partial charge in [0.2, 0.25) is 5.75 Å². The number of nitrogens with zero attached hydrogens (tertiary/aromatic N) is 4. The number of aryl methyl sites for hydroxylation is 1. The van der Waals surface area contributed by atoms with E-state index in [0.29, 0.717) is 22.3 Å². The summed E-state index contributed by atoms with van der Waals surface area (Å²) in [5.74, 6) is 1.51. The van der Waals surface area contributed by atoms with E-state index in [9.17, 15) is 14.9 Å². The molecule has 40 heavy (non-hydrogen) atoms. The van der Waals surface area contributed by atoms with Crippen molar-refractivity contribution >= 4 is 22.8 Å². The number of para-hydroxylation sites is 1. The Balaban J connectivity index is 1.97. The first kappa shape index (κ1) is 28.3. The fourth-order valence-corrected chi connectivity index (χ4v) is 4.47. The molecule has 0 saturated carbocycles. The molecular weight excluding hydrogens is 512 g/mol. The lowest BCUT2D eigenvalue weighted by Gasteiger charge is -2.17. The minimum atomic E-state index is -0.534. The summed E-state index contributed by atoms with van der Waals surface area (Å²) in [6.45, 7) is 10.1. The van der Waals surface area contributed by atoms with E-state index < -0.39 is 4.92 Å². The topological polar surface area (TPSA) is 118 Å². The molecule has 1 heterocycles. The Morgan fingerprint density at radius 2 is 1.80 bits per heavy atom. The molecule has 0 aliphatic rings. The minimum absolute atomic E-state index is 0.0480. The van der Waals surface area contributed by atoms with Gasteiger partial charge in [0.15, 0.2) is 11.6 Å². The number of nitro groups is 1. The molecule has 0 spiro atoms. The molecule has 4 aromatic rings. The first-order chi connectivity index (χ1) is 19.2. The summed E-state index contributed by atoms with van der Waals surface area (Å²) in [6.07, 6.45) is 1.38. The lowest BCUT2D eigenvalue weighted by molar-refractivity contribution is -0.385. The van der Waals surface area contributed by atoms with E-state index in [2.05, 4.69) is 18.9 Å². The van der Waals surface area contributed by atoms with Gasteiger partial charge in [0, 0.05) is 17.2 Å². The molecule has 10 heteroatoms. The summed E-state index contributed by atoms with van der Waals surface area (Å²) < 4.78 is 18.0. The number of methoxy groups -OCH3 is 1. The molecule has 3 aromatic carbocycles. The van der Waals surface area contributed by atoms with Crippen molar-refractivity contribution in [3.05, 3.63) is 85.7 Å². The summed E-state index contributed by atoms with van der Waals surface area (Å²) in [7, 11) is 1.63. The summed E-state index contributed by atoms with van der Waals surface area (Å²) in [5.41, 5.74) is 2.80. The van der Waals surface area contributed by atoms with Crippen molar-refractivity contribution in [2.24, 2.45) is 5.10 Å². The lowest BCUT2D eigenvalue weighted by Crippen LogP contribution is -2.21. The molecule has 0 aliphatic carbocycles. The van der Waals surface area contributed by atoms with Crippen LogP contribution in [0, 0.1) is 17.0 Å². The van der Waals surface area contributed by atoms with Crippen LogP contribution in [-0.2, 0) is 0 Å². The minimum Gasteiger partial charge on any atom is -0.496 e. The van der Waals surface area contributed by atoms with Gasteiger partial charge in [0.1, 0.15) is 5.75 Å². The number of aromatic nitrogens is 2. The SMILES string of the molecule is CCOc1cc(C=Nn2c(-c3cc(C(C)C)c(OC)cc3C)nc3ccccc3c2=O)cc([N+](=O)[O-])c1OCC. The Morgan fingerprint density at radius 3 is 2.45 bits per heavy atom. The molecule has 4 rings (SSSR count). The molecule has 0 saturated heterocycles. The third kappa shape index (κ3) is 5.51. The van der Waals surface area contributed by atoms with Crippen molar-refractivity contribution in [3.8, 4) is 28.6 Å². The zero-order chi connectivity index (χ0) is 29.0. The number of ether oxygens (including phenoxy) is 3. The molecule has 0 amide bonds. The molecule has 0 N–H and O–H groups in total. The van der Waals surface area contributed by atoms with Gasteiger partial charge in [-0.25, -0.2) is 4.98 Å². The zero-order valence-electron chi connectivity index (χ0n) is 23.4. The summed E-state index contributed by atoms with van der Waals surface area (Å²) >= 11 is 0. The van der Waals surface area contributed by atoms with Gasteiger partial charge in [-0.3, -0.25) is 14.9 Å². The molecular formula is C30H32N4O6. The van der Waals surface area contributed by atoms with E-state index in [1.165, 1.54) is 17.0 Å². The zero-order valence-corrected chi connectivity index (χ0v) is 23.4. The number of hydrogen-bond acceptors (Lipinski definition) is 8. The molecule has 0 bridgehead atoms. The number of hydrogen-bond donors (Lipinski definition) is 0. The number of rotatable bonds is 10. The molecule has 1 aromatic heterocycles. The Bertz CT molecular complexity index is 1660. The molecule has 0 unspecified atom stereocenters. The predicted octanol–water partition coefficient (Wildman–Crippen LogP) is 6.09. The van der Waals surface area contributed by atoms with Crippen LogP contribution in [0.1, 0.15) is 50.3 Å². The van der Waals surface area contributed by atoms with Crippen molar-refractivity contribution in [1.29, 1.82) is 0 Å². The van der Waals surface area contributed by atoms with Crippen LogP contribution in [0.5, 0.6) is 17.2 Å². The van der Waals surface area contributed by atoms with Gasteiger partial charge in [0.05, 0.1) is 42.4 Å². The van der Waals surface area contributed by atoms with Gasteiger partial charge in [0.25, 0.3) is 5.56 Å². The lowest BCUT2D eigenvalue weighted by atomic mass is 9.96. The maximum atomic E-state index is 13.7. The highest BCUT2D eigenvalue weighted by atomic mass is 16.6.